The van der Waals surface area contributed by atoms with Gasteiger partial charge in [0.1, 0.15) is 5.76 Å². The molecule has 0 bridgehead atoms. The summed E-state index contributed by atoms with van der Waals surface area (Å²) >= 11 is 0. The van der Waals surface area contributed by atoms with E-state index in [1.54, 1.807) is 29.4 Å². The van der Waals surface area contributed by atoms with Gasteiger partial charge in [0, 0.05) is 19.0 Å². The summed E-state index contributed by atoms with van der Waals surface area (Å²) in [5.74, 6) is -0.179. The first-order valence-electron chi connectivity index (χ1n) is 7.69. The Kier molecular flexibility index (Phi) is 3.94. The number of carboxylic acids is 1. The second-order valence-electron chi connectivity index (χ2n) is 6.12. The molecular weight excluding hydrogens is 294 g/mol. The number of carboxylic acid groups (broad SMARTS) is 1. The minimum absolute atomic E-state index is 0.0613. The van der Waals surface area contributed by atoms with Crippen molar-refractivity contribution in [2.45, 2.75) is 32.7 Å². The van der Waals surface area contributed by atoms with Gasteiger partial charge >= 0.3 is 5.97 Å². The minimum atomic E-state index is -0.951. The van der Waals surface area contributed by atoms with Gasteiger partial charge in [-0.3, -0.25) is 4.79 Å². The molecule has 5 heteroatoms. The van der Waals surface area contributed by atoms with Crippen LogP contribution in [0.5, 0.6) is 0 Å². The predicted molar refractivity (Wildman–Crippen MR) is 84.6 cm³/mol. The minimum Gasteiger partial charge on any atom is -0.478 e. The zero-order valence-corrected chi connectivity index (χ0v) is 13.2. The number of furan rings is 1. The van der Waals surface area contributed by atoms with E-state index in [0.717, 1.165) is 17.5 Å². The molecule has 1 aromatic carbocycles. The molecule has 1 aliphatic heterocycles. The van der Waals surface area contributed by atoms with Crippen molar-refractivity contribution in [3.8, 4) is 0 Å². The quantitative estimate of drug-likeness (QED) is 0.944. The van der Waals surface area contributed by atoms with E-state index in [1.807, 2.05) is 19.9 Å². The maximum absolute atomic E-state index is 12.8. The van der Waals surface area contributed by atoms with Gasteiger partial charge in [-0.2, -0.15) is 0 Å². The number of carbonyl (C=O) groups excluding carboxylic acids is 1. The highest BCUT2D eigenvalue weighted by Crippen LogP contribution is 2.26. The summed E-state index contributed by atoms with van der Waals surface area (Å²) in [7, 11) is 0. The third kappa shape index (κ3) is 2.86. The molecule has 1 amide bonds. The molecule has 0 saturated heterocycles. The second-order valence-corrected chi connectivity index (χ2v) is 6.12. The van der Waals surface area contributed by atoms with Crippen molar-refractivity contribution in [2.24, 2.45) is 0 Å². The van der Waals surface area contributed by atoms with Crippen molar-refractivity contribution in [2.75, 3.05) is 6.54 Å². The summed E-state index contributed by atoms with van der Waals surface area (Å²) in [6, 6.07) is 6.83. The van der Waals surface area contributed by atoms with Crippen molar-refractivity contribution >= 4 is 11.9 Å². The SMILES string of the molecule is CC(C)c1occc1C(=O)N1CCc2ccc(C(=O)O)cc2C1. The van der Waals surface area contributed by atoms with E-state index in [-0.39, 0.29) is 17.4 Å². The summed E-state index contributed by atoms with van der Waals surface area (Å²) < 4.78 is 5.43. The van der Waals surface area contributed by atoms with E-state index in [2.05, 4.69) is 0 Å². The van der Waals surface area contributed by atoms with Gasteiger partial charge in [0.25, 0.3) is 5.91 Å². The molecule has 2 aromatic rings. The third-order valence-electron chi connectivity index (χ3n) is 4.20. The molecule has 3 rings (SSSR count). The van der Waals surface area contributed by atoms with Crippen molar-refractivity contribution in [3.05, 3.63) is 58.5 Å². The van der Waals surface area contributed by atoms with Crippen molar-refractivity contribution in [3.63, 3.8) is 0 Å². The van der Waals surface area contributed by atoms with Crippen molar-refractivity contribution in [1.82, 2.24) is 4.90 Å². The van der Waals surface area contributed by atoms with E-state index >= 15 is 0 Å². The Labute approximate surface area is 134 Å². The summed E-state index contributed by atoms with van der Waals surface area (Å²) in [6.45, 7) is 5.03. The van der Waals surface area contributed by atoms with Crippen molar-refractivity contribution in [1.29, 1.82) is 0 Å². The van der Waals surface area contributed by atoms with Gasteiger partial charge in [-0.1, -0.05) is 19.9 Å². The number of hydrogen-bond acceptors (Lipinski definition) is 3. The lowest BCUT2D eigenvalue weighted by Crippen LogP contribution is -2.36. The number of fused-ring (bicyclic) bond motifs is 1. The highest BCUT2D eigenvalue weighted by Gasteiger charge is 2.26. The van der Waals surface area contributed by atoms with Crippen LogP contribution in [0.2, 0.25) is 0 Å². The molecule has 0 radical (unpaired) electrons. The molecule has 0 aliphatic carbocycles. The Morgan fingerprint density at radius 2 is 2.00 bits per heavy atom. The van der Waals surface area contributed by atoms with E-state index in [4.69, 9.17) is 9.52 Å². The summed E-state index contributed by atoms with van der Waals surface area (Å²) in [5, 5.41) is 9.12. The number of nitrogens with zero attached hydrogens (tertiary/aromatic N) is 1. The van der Waals surface area contributed by atoms with Gasteiger partial charge in [-0.25, -0.2) is 4.79 Å². The molecule has 2 heterocycles. The number of amides is 1. The molecule has 0 fully saturated rings. The number of carbonyl (C=O) groups is 2. The maximum Gasteiger partial charge on any atom is 0.335 e. The normalized spacial score (nSPS) is 14.0. The zero-order valence-electron chi connectivity index (χ0n) is 13.2. The third-order valence-corrected chi connectivity index (χ3v) is 4.20. The van der Waals surface area contributed by atoms with Gasteiger partial charge in [0.15, 0.2) is 0 Å². The zero-order chi connectivity index (χ0) is 16.6. The number of benzene rings is 1. The molecule has 1 aromatic heterocycles. The van der Waals surface area contributed by atoms with Crippen LogP contribution in [0, 0.1) is 0 Å². The molecule has 0 spiro atoms. The fraction of sp³-hybridized carbons (Fsp3) is 0.333. The lowest BCUT2D eigenvalue weighted by Gasteiger charge is -2.29. The first kappa shape index (κ1) is 15.3. The number of aromatic carboxylic acids is 1. The standard InChI is InChI=1S/C18H19NO4/c1-11(2)16-15(6-8-23-16)17(20)19-7-5-12-3-4-13(18(21)22)9-14(12)10-19/h3-4,6,8-9,11H,5,7,10H2,1-2H3,(H,21,22). The van der Waals surface area contributed by atoms with Gasteiger partial charge in [0.05, 0.1) is 17.4 Å². The molecule has 0 saturated carbocycles. The number of hydrogen-bond donors (Lipinski definition) is 1. The van der Waals surface area contributed by atoms with E-state index in [1.165, 1.54) is 0 Å². The molecular formula is C18H19NO4. The first-order chi connectivity index (χ1) is 11.0. The molecule has 120 valence electrons. The fourth-order valence-corrected chi connectivity index (χ4v) is 2.98. The largest absolute Gasteiger partial charge is 0.478 e. The van der Waals surface area contributed by atoms with Crippen molar-refractivity contribution < 1.29 is 19.1 Å². The highest BCUT2D eigenvalue weighted by atomic mass is 16.4. The van der Waals surface area contributed by atoms with Crippen LogP contribution in [0.4, 0.5) is 0 Å². The predicted octanol–water partition coefficient (Wildman–Crippen LogP) is 3.30. The van der Waals surface area contributed by atoms with E-state index < -0.39 is 5.97 Å². The van der Waals surface area contributed by atoms with E-state index in [0.29, 0.717) is 24.4 Å². The van der Waals surface area contributed by atoms with Crippen LogP contribution in [-0.2, 0) is 13.0 Å². The average molecular weight is 313 g/mol. The molecule has 1 aliphatic rings. The lowest BCUT2D eigenvalue weighted by atomic mass is 9.96. The number of rotatable bonds is 3. The highest BCUT2D eigenvalue weighted by molar-refractivity contribution is 5.95. The van der Waals surface area contributed by atoms with Crippen LogP contribution in [0.1, 0.15) is 57.4 Å². The Bertz CT molecular complexity index is 760. The maximum atomic E-state index is 12.8. The van der Waals surface area contributed by atoms with Crippen LogP contribution in [0.3, 0.4) is 0 Å². The first-order valence-corrected chi connectivity index (χ1v) is 7.69. The topological polar surface area (TPSA) is 70.8 Å². The molecule has 0 unspecified atom stereocenters. The molecule has 0 atom stereocenters. The Morgan fingerprint density at radius 1 is 1.22 bits per heavy atom. The van der Waals surface area contributed by atoms with Crippen LogP contribution in [0.15, 0.2) is 34.9 Å². The van der Waals surface area contributed by atoms with Gasteiger partial charge < -0.3 is 14.4 Å². The van der Waals surface area contributed by atoms with Crippen LogP contribution >= 0.6 is 0 Å². The monoisotopic (exact) mass is 313 g/mol. The Balaban J connectivity index is 1.86. The molecule has 23 heavy (non-hydrogen) atoms. The smallest absolute Gasteiger partial charge is 0.335 e. The summed E-state index contributed by atoms with van der Waals surface area (Å²) in [5.41, 5.74) is 2.86. The summed E-state index contributed by atoms with van der Waals surface area (Å²) in [6.07, 6.45) is 2.28. The Morgan fingerprint density at radius 3 is 2.70 bits per heavy atom. The summed E-state index contributed by atoms with van der Waals surface area (Å²) in [4.78, 5) is 25.6. The second kappa shape index (κ2) is 5.91. The average Bonchev–Trinajstić information content (AvgIpc) is 3.02. The van der Waals surface area contributed by atoms with Gasteiger partial charge in [0.2, 0.25) is 0 Å². The van der Waals surface area contributed by atoms with Crippen LogP contribution < -0.4 is 0 Å². The molecule has 1 N–H and O–H groups in total. The van der Waals surface area contributed by atoms with Gasteiger partial charge in [-0.05, 0) is 35.7 Å². The lowest BCUT2D eigenvalue weighted by molar-refractivity contribution is 0.0696. The van der Waals surface area contributed by atoms with Gasteiger partial charge in [-0.15, -0.1) is 0 Å². The Hall–Kier alpha value is -2.56. The van der Waals surface area contributed by atoms with Crippen LogP contribution in [0.25, 0.3) is 0 Å². The van der Waals surface area contributed by atoms with E-state index in [9.17, 15) is 9.59 Å². The van der Waals surface area contributed by atoms with Crippen LogP contribution in [-0.4, -0.2) is 28.4 Å². The fourth-order valence-electron chi connectivity index (χ4n) is 2.98. The molecule has 5 nitrogen and oxygen atoms in total.